The van der Waals surface area contributed by atoms with Crippen LogP contribution >= 0.6 is 0 Å². The molecule has 0 aliphatic heterocycles. The fourth-order valence-corrected chi connectivity index (χ4v) is 2.39. The minimum atomic E-state index is -0.848. The minimum absolute atomic E-state index is 0.204. The summed E-state index contributed by atoms with van der Waals surface area (Å²) in [4.78, 5) is 10.8. The Balaban J connectivity index is 2.70. The van der Waals surface area contributed by atoms with Gasteiger partial charge in [0.05, 0.1) is 0 Å². The van der Waals surface area contributed by atoms with Gasteiger partial charge in [-0.1, -0.05) is 20.8 Å². The number of carboxylic acid groups (broad SMARTS) is 1. The van der Waals surface area contributed by atoms with E-state index in [-0.39, 0.29) is 5.92 Å². The number of hydrogen-bond donors (Lipinski definition) is 0. The highest BCUT2D eigenvalue weighted by Gasteiger charge is 2.35. The molecule has 0 heterocycles. The maximum atomic E-state index is 10.8. The lowest BCUT2D eigenvalue weighted by atomic mass is 9.83. The van der Waals surface area contributed by atoms with Crippen molar-refractivity contribution < 1.29 is 9.90 Å². The van der Waals surface area contributed by atoms with Crippen LogP contribution in [0.3, 0.4) is 0 Å². The molecule has 0 aromatic carbocycles. The number of rotatable bonds is 2. The van der Waals surface area contributed by atoms with Gasteiger partial charge in [0.15, 0.2) is 0 Å². The predicted molar refractivity (Wildman–Crippen MR) is 45.2 cm³/mol. The molecule has 0 unspecified atom stereocenters. The molecule has 1 rings (SSSR count). The minimum Gasteiger partial charge on any atom is -0.550 e. The highest BCUT2D eigenvalue weighted by atomic mass is 16.4. The molecule has 1 saturated carbocycles. The van der Waals surface area contributed by atoms with Gasteiger partial charge in [-0.2, -0.15) is 0 Å². The molecular weight excluding hydrogens is 152 g/mol. The van der Waals surface area contributed by atoms with E-state index < -0.39 is 5.97 Å². The third kappa shape index (κ3) is 1.62. The highest BCUT2D eigenvalue weighted by molar-refractivity contribution is 5.68. The Morgan fingerprint density at radius 1 is 1.42 bits per heavy atom. The monoisotopic (exact) mass is 169 g/mol. The molecule has 0 radical (unpaired) electrons. The van der Waals surface area contributed by atoms with Crippen molar-refractivity contribution in [3.05, 3.63) is 0 Å². The SMILES string of the molecule is CC(C)[C@H]1CC[C@H](C)[C@H]1C(=O)[O-]. The maximum Gasteiger partial charge on any atom is 0.0450 e. The summed E-state index contributed by atoms with van der Waals surface area (Å²) in [7, 11) is 0. The van der Waals surface area contributed by atoms with E-state index in [9.17, 15) is 9.90 Å². The number of aliphatic carboxylic acids is 1. The molecule has 1 aliphatic carbocycles. The van der Waals surface area contributed by atoms with Gasteiger partial charge in [-0.15, -0.1) is 0 Å². The first kappa shape index (κ1) is 9.56. The summed E-state index contributed by atoms with van der Waals surface area (Å²) in [6.45, 7) is 6.21. The normalized spacial score (nSPS) is 35.8. The van der Waals surface area contributed by atoms with E-state index in [1.165, 1.54) is 0 Å². The van der Waals surface area contributed by atoms with Crippen molar-refractivity contribution in [3.8, 4) is 0 Å². The fourth-order valence-electron chi connectivity index (χ4n) is 2.39. The Kier molecular flexibility index (Phi) is 2.76. The van der Waals surface area contributed by atoms with E-state index in [1.807, 2.05) is 6.92 Å². The van der Waals surface area contributed by atoms with Crippen LogP contribution in [0.2, 0.25) is 0 Å². The molecule has 0 aromatic rings. The summed E-state index contributed by atoms with van der Waals surface area (Å²) >= 11 is 0. The molecule has 0 saturated heterocycles. The third-order valence-corrected chi connectivity index (χ3v) is 3.16. The van der Waals surface area contributed by atoms with Gasteiger partial charge in [0, 0.05) is 11.9 Å². The molecule has 2 heteroatoms. The second-order valence-electron chi connectivity index (χ2n) is 4.31. The molecule has 0 spiro atoms. The zero-order valence-corrected chi connectivity index (χ0v) is 8.04. The van der Waals surface area contributed by atoms with Gasteiger partial charge in [0.2, 0.25) is 0 Å². The maximum absolute atomic E-state index is 10.8. The molecular formula is C10H17O2-. The van der Waals surface area contributed by atoms with Crippen LogP contribution in [0, 0.1) is 23.7 Å². The van der Waals surface area contributed by atoms with Gasteiger partial charge in [0.1, 0.15) is 0 Å². The summed E-state index contributed by atoms with van der Waals surface area (Å²) in [5.41, 5.74) is 0. The van der Waals surface area contributed by atoms with Crippen molar-refractivity contribution in [3.63, 3.8) is 0 Å². The van der Waals surface area contributed by atoms with Crippen LogP contribution in [0.1, 0.15) is 33.6 Å². The number of carbonyl (C=O) groups excluding carboxylic acids is 1. The molecule has 0 bridgehead atoms. The van der Waals surface area contributed by atoms with Crippen LogP contribution in [0.5, 0.6) is 0 Å². The number of hydrogen-bond acceptors (Lipinski definition) is 2. The van der Waals surface area contributed by atoms with Crippen molar-refractivity contribution in [1.29, 1.82) is 0 Å². The molecule has 0 aromatic heterocycles. The fraction of sp³-hybridized carbons (Fsp3) is 0.900. The van der Waals surface area contributed by atoms with E-state index >= 15 is 0 Å². The van der Waals surface area contributed by atoms with Crippen LogP contribution in [-0.2, 0) is 4.79 Å². The van der Waals surface area contributed by atoms with E-state index in [1.54, 1.807) is 0 Å². The van der Waals surface area contributed by atoms with Gasteiger partial charge in [-0.05, 0) is 30.6 Å². The van der Waals surface area contributed by atoms with Gasteiger partial charge in [-0.25, -0.2) is 0 Å². The van der Waals surface area contributed by atoms with E-state index in [2.05, 4.69) is 13.8 Å². The molecule has 0 N–H and O–H groups in total. The van der Waals surface area contributed by atoms with Gasteiger partial charge in [-0.3, -0.25) is 0 Å². The van der Waals surface area contributed by atoms with Crippen LogP contribution in [0.25, 0.3) is 0 Å². The van der Waals surface area contributed by atoms with Crippen LogP contribution < -0.4 is 5.11 Å². The Bertz CT molecular complexity index is 175. The van der Waals surface area contributed by atoms with Crippen LogP contribution in [0.4, 0.5) is 0 Å². The first-order valence-corrected chi connectivity index (χ1v) is 4.75. The Labute approximate surface area is 74.0 Å². The number of carboxylic acids is 1. The van der Waals surface area contributed by atoms with Crippen molar-refractivity contribution in [1.82, 2.24) is 0 Å². The third-order valence-electron chi connectivity index (χ3n) is 3.16. The van der Waals surface area contributed by atoms with E-state index in [0.717, 1.165) is 12.8 Å². The van der Waals surface area contributed by atoms with Crippen molar-refractivity contribution in [2.75, 3.05) is 0 Å². The summed E-state index contributed by atoms with van der Waals surface area (Å²) in [6, 6.07) is 0. The first-order valence-electron chi connectivity index (χ1n) is 4.75. The summed E-state index contributed by atoms with van der Waals surface area (Å²) in [6.07, 6.45) is 2.10. The Hall–Kier alpha value is -0.530. The Morgan fingerprint density at radius 2 is 2.00 bits per heavy atom. The van der Waals surface area contributed by atoms with Gasteiger partial charge < -0.3 is 9.90 Å². The standard InChI is InChI=1S/C10H18O2/c1-6(2)8-5-4-7(3)9(8)10(11)12/h6-9H,4-5H2,1-3H3,(H,11,12)/p-1/t7-,8+,9+/m0/s1. The summed E-state index contributed by atoms with van der Waals surface area (Å²) < 4.78 is 0. The van der Waals surface area contributed by atoms with Crippen LogP contribution in [-0.4, -0.2) is 5.97 Å². The first-order chi connectivity index (χ1) is 5.54. The molecule has 1 aliphatic rings. The average molecular weight is 169 g/mol. The lowest BCUT2D eigenvalue weighted by Crippen LogP contribution is -2.37. The highest BCUT2D eigenvalue weighted by Crippen LogP contribution is 2.40. The smallest absolute Gasteiger partial charge is 0.0450 e. The predicted octanol–water partition coefficient (Wildman–Crippen LogP) is 1.05. The van der Waals surface area contributed by atoms with Gasteiger partial charge >= 0.3 is 0 Å². The zero-order valence-electron chi connectivity index (χ0n) is 8.04. The Morgan fingerprint density at radius 3 is 2.33 bits per heavy atom. The zero-order chi connectivity index (χ0) is 9.30. The second-order valence-corrected chi connectivity index (χ2v) is 4.31. The summed E-state index contributed by atoms with van der Waals surface area (Å²) in [5.74, 6) is 0.0638. The average Bonchev–Trinajstić information content (AvgIpc) is 2.30. The van der Waals surface area contributed by atoms with Gasteiger partial charge in [0.25, 0.3) is 0 Å². The lowest BCUT2D eigenvalue weighted by molar-refractivity contribution is -0.314. The largest absolute Gasteiger partial charge is 0.550 e. The number of carbonyl (C=O) groups is 1. The van der Waals surface area contributed by atoms with Crippen molar-refractivity contribution in [2.45, 2.75) is 33.6 Å². The topological polar surface area (TPSA) is 40.1 Å². The van der Waals surface area contributed by atoms with Crippen LogP contribution in [0.15, 0.2) is 0 Å². The molecule has 70 valence electrons. The van der Waals surface area contributed by atoms with Crippen molar-refractivity contribution >= 4 is 5.97 Å². The van der Waals surface area contributed by atoms with Crippen molar-refractivity contribution in [2.24, 2.45) is 23.7 Å². The van der Waals surface area contributed by atoms with E-state index in [0.29, 0.717) is 17.8 Å². The lowest BCUT2D eigenvalue weighted by Gasteiger charge is -2.26. The molecule has 1 fully saturated rings. The molecule has 12 heavy (non-hydrogen) atoms. The molecule has 0 amide bonds. The molecule has 3 atom stereocenters. The molecule has 2 nitrogen and oxygen atoms in total. The summed E-state index contributed by atoms with van der Waals surface area (Å²) in [5, 5.41) is 10.8. The van der Waals surface area contributed by atoms with E-state index in [4.69, 9.17) is 0 Å². The second kappa shape index (κ2) is 3.46. The quantitative estimate of drug-likeness (QED) is 0.620.